The molecule has 7 aromatic carbocycles. The molecule has 258 valence electrons. The van der Waals surface area contributed by atoms with E-state index in [2.05, 4.69) is 152 Å². The van der Waals surface area contributed by atoms with Crippen LogP contribution >= 0.6 is 0 Å². The second kappa shape index (κ2) is 13.6. The van der Waals surface area contributed by atoms with Gasteiger partial charge in [0, 0.05) is 28.5 Å². The van der Waals surface area contributed by atoms with Gasteiger partial charge in [-0.3, -0.25) is 4.98 Å². The zero-order valence-electron chi connectivity index (χ0n) is 29.9. The lowest BCUT2D eigenvalue weighted by molar-refractivity contribution is 0.769. The second-order valence-corrected chi connectivity index (χ2v) is 13.8. The summed E-state index contributed by atoms with van der Waals surface area (Å²) < 4.78 is 0. The van der Waals surface area contributed by atoms with Gasteiger partial charge in [-0.15, -0.1) is 0 Å². The summed E-state index contributed by atoms with van der Waals surface area (Å²) in [5.41, 5.74) is 13.8. The largest absolute Gasteiger partial charge is 0.256 e. The van der Waals surface area contributed by atoms with Crippen LogP contribution in [0.2, 0.25) is 0 Å². The number of pyridine rings is 1. The highest BCUT2D eigenvalue weighted by atomic mass is 15.0. The van der Waals surface area contributed by atoms with E-state index in [1.807, 2.05) is 54.7 Å². The number of benzene rings is 7. The summed E-state index contributed by atoms with van der Waals surface area (Å²) in [5, 5.41) is 0. The highest BCUT2D eigenvalue weighted by molar-refractivity contribution is 5.87. The van der Waals surface area contributed by atoms with E-state index >= 15 is 0 Å². The smallest absolute Gasteiger partial charge is 0.164 e. The summed E-state index contributed by atoms with van der Waals surface area (Å²) in [4.78, 5) is 20.1. The summed E-state index contributed by atoms with van der Waals surface area (Å²) in [6.45, 7) is 0. The van der Waals surface area contributed by atoms with Crippen LogP contribution in [-0.2, 0) is 5.41 Å². The monoisotopic (exact) mass is 702 g/mol. The molecule has 0 atom stereocenters. The van der Waals surface area contributed by atoms with E-state index in [1.165, 1.54) is 33.4 Å². The van der Waals surface area contributed by atoms with Crippen LogP contribution in [0, 0.1) is 0 Å². The zero-order valence-corrected chi connectivity index (χ0v) is 29.9. The molecule has 0 amide bonds. The Hall–Kier alpha value is -7.30. The highest BCUT2D eigenvalue weighted by Crippen LogP contribution is 2.56. The van der Waals surface area contributed by atoms with Gasteiger partial charge in [-0.25, -0.2) is 15.0 Å². The molecule has 9 aromatic rings. The van der Waals surface area contributed by atoms with Gasteiger partial charge in [0.1, 0.15) is 0 Å². The van der Waals surface area contributed by atoms with Crippen LogP contribution in [0.1, 0.15) is 22.3 Å². The van der Waals surface area contributed by atoms with Gasteiger partial charge < -0.3 is 0 Å². The van der Waals surface area contributed by atoms with Crippen molar-refractivity contribution in [2.45, 2.75) is 5.41 Å². The highest BCUT2D eigenvalue weighted by Gasteiger charge is 2.46. The van der Waals surface area contributed by atoms with Crippen LogP contribution in [0.4, 0.5) is 0 Å². The maximum absolute atomic E-state index is 5.18. The van der Waals surface area contributed by atoms with Crippen molar-refractivity contribution in [3.05, 3.63) is 229 Å². The maximum atomic E-state index is 5.18. The first-order valence-corrected chi connectivity index (χ1v) is 18.6. The first-order chi connectivity index (χ1) is 27.3. The summed E-state index contributed by atoms with van der Waals surface area (Å²) in [7, 11) is 0. The summed E-state index contributed by atoms with van der Waals surface area (Å²) in [6.07, 6.45) is 1.85. The molecule has 4 nitrogen and oxygen atoms in total. The molecule has 0 N–H and O–H groups in total. The predicted molar refractivity (Wildman–Crippen MR) is 222 cm³/mol. The lowest BCUT2D eigenvalue weighted by atomic mass is 9.67. The Bertz CT molecular complexity index is 2750. The molecule has 0 fully saturated rings. The molecular weight excluding hydrogens is 669 g/mol. The van der Waals surface area contributed by atoms with E-state index < -0.39 is 5.41 Å². The number of hydrogen-bond acceptors (Lipinski definition) is 4. The van der Waals surface area contributed by atoms with Gasteiger partial charge >= 0.3 is 0 Å². The van der Waals surface area contributed by atoms with Crippen LogP contribution in [0.3, 0.4) is 0 Å². The normalized spacial score (nSPS) is 12.5. The third-order valence-electron chi connectivity index (χ3n) is 10.7. The van der Waals surface area contributed by atoms with E-state index in [1.54, 1.807) is 0 Å². The summed E-state index contributed by atoms with van der Waals surface area (Å²) in [6, 6.07) is 70.4. The van der Waals surface area contributed by atoms with Gasteiger partial charge in [-0.05, 0) is 68.8 Å². The molecule has 0 bridgehead atoms. The molecule has 0 radical (unpaired) electrons. The number of fused-ring (bicyclic) bond motifs is 3. The van der Waals surface area contributed by atoms with E-state index in [9.17, 15) is 0 Å². The standard InChI is InChI=1S/C51H34N4/c1-3-15-35(16-4-1)36-28-30-38(31-29-36)49-53-48(37-17-5-2-6-18-37)54-50(55-49)40-20-14-22-42(34-40)51(41-21-13-19-39(33-41)47-27-11-12-32-52-47)45-25-9-7-23-43(45)44-24-8-10-26-46(44)51/h1-34H. The molecular formula is C51H34N4. The van der Waals surface area contributed by atoms with Gasteiger partial charge in [-0.1, -0.05) is 176 Å². The fraction of sp³-hybridized carbons (Fsp3) is 0.0196. The van der Waals surface area contributed by atoms with Gasteiger partial charge in [0.25, 0.3) is 0 Å². The summed E-state index contributed by atoms with van der Waals surface area (Å²) in [5.74, 6) is 1.88. The van der Waals surface area contributed by atoms with E-state index in [4.69, 9.17) is 19.9 Å². The van der Waals surface area contributed by atoms with Crippen molar-refractivity contribution < 1.29 is 0 Å². The van der Waals surface area contributed by atoms with Crippen molar-refractivity contribution >= 4 is 0 Å². The quantitative estimate of drug-likeness (QED) is 0.166. The van der Waals surface area contributed by atoms with Gasteiger partial charge in [0.15, 0.2) is 17.5 Å². The Balaban J connectivity index is 1.17. The molecule has 0 saturated heterocycles. The predicted octanol–water partition coefficient (Wildman–Crippen LogP) is 12.0. The third kappa shape index (κ3) is 5.63. The number of rotatable bonds is 7. The lowest BCUT2D eigenvalue weighted by Crippen LogP contribution is -2.28. The molecule has 0 saturated carbocycles. The topological polar surface area (TPSA) is 51.6 Å². The lowest BCUT2D eigenvalue weighted by Gasteiger charge is -2.34. The molecule has 0 spiro atoms. The van der Waals surface area contributed by atoms with Gasteiger partial charge in [-0.2, -0.15) is 0 Å². The summed E-state index contributed by atoms with van der Waals surface area (Å²) >= 11 is 0. The molecule has 1 aliphatic rings. The Morgan fingerprint density at radius 3 is 1.35 bits per heavy atom. The molecule has 2 heterocycles. The average molecular weight is 703 g/mol. The third-order valence-corrected chi connectivity index (χ3v) is 10.7. The Labute approximate surface area is 320 Å². The number of aromatic nitrogens is 4. The maximum Gasteiger partial charge on any atom is 0.164 e. The van der Waals surface area contributed by atoms with Crippen molar-refractivity contribution in [1.29, 1.82) is 0 Å². The van der Waals surface area contributed by atoms with Crippen LogP contribution in [0.25, 0.3) is 67.7 Å². The second-order valence-electron chi connectivity index (χ2n) is 13.8. The van der Waals surface area contributed by atoms with Crippen LogP contribution in [0.15, 0.2) is 206 Å². The number of hydrogen-bond donors (Lipinski definition) is 0. The fourth-order valence-corrected chi connectivity index (χ4v) is 8.15. The van der Waals surface area contributed by atoms with E-state index in [0.29, 0.717) is 17.5 Å². The van der Waals surface area contributed by atoms with Crippen molar-refractivity contribution in [2.75, 3.05) is 0 Å². The van der Waals surface area contributed by atoms with Crippen molar-refractivity contribution in [3.8, 4) is 67.7 Å². The molecule has 0 unspecified atom stereocenters. The molecule has 1 aliphatic carbocycles. The molecule has 10 rings (SSSR count). The molecule has 0 aliphatic heterocycles. The fourth-order valence-electron chi connectivity index (χ4n) is 8.15. The minimum atomic E-state index is -0.612. The van der Waals surface area contributed by atoms with Gasteiger partial charge in [0.05, 0.1) is 11.1 Å². The van der Waals surface area contributed by atoms with Crippen molar-refractivity contribution in [2.24, 2.45) is 0 Å². The van der Waals surface area contributed by atoms with Crippen LogP contribution in [0.5, 0.6) is 0 Å². The van der Waals surface area contributed by atoms with Crippen molar-refractivity contribution in [3.63, 3.8) is 0 Å². The molecule has 2 aromatic heterocycles. The zero-order chi connectivity index (χ0) is 36.6. The Kier molecular flexibility index (Phi) is 8.00. The Morgan fingerprint density at radius 1 is 0.309 bits per heavy atom. The van der Waals surface area contributed by atoms with Crippen molar-refractivity contribution in [1.82, 2.24) is 19.9 Å². The van der Waals surface area contributed by atoms with Gasteiger partial charge in [0.2, 0.25) is 0 Å². The first-order valence-electron chi connectivity index (χ1n) is 18.6. The molecule has 4 heteroatoms. The number of nitrogens with zero attached hydrogens (tertiary/aromatic N) is 4. The Morgan fingerprint density at radius 2 is 0.745 bits per heavy atom. The van der Waals surface area contributed by atoms with E-state index in [0.717, 1.165) is 39.1 Å². The first kappa shape index (κ1) is 32.4. The minimum Gasteiger partial charge on any atom is -0.256 e. The van der Waals surface area contributed by atoms with E-state index in [-0.39, 0.29) is 0 Å². The molecule has 55 heavy (non-hydrogen) atoms. The minimum absolute atomic E-state index is 0.612. The average Bonchev–Trinajstić information content (AvgIpc) is 3.58. The van der Waals surface area contributed by atoms with Crippen LogP contribution in [-0.4, -0.2) is 19.9 Å². The van der Waals surface area contributed by atoms with Crippen LogP contribution < -0.4 is 0 Å². The SMILES string of the molecule is c1ccc(-c2ccc(-c3nc(-c4ccccc4)nc(-c4cccc(C5(c6cccc(-c7ccccn7)c6)c6ccccc6-c6ccccc65)c4)n3)cc2)cc1.